The van der Waals surface area contributed by atoms with E-state index in [0.29, 0.717) is 35.6 Å². The highest BCUT2D eigenvalue weighted by Crippen LogP contribution is 2.39. The quantitative estimate of drug-likeness (QED) is 0.200. The Kier molecular flexibility index (Phi) is 9.47. The number of anilines is 1. The van der Waals surface area contributed by atoms with Gasteiger partial charge in [-0.3, -0.25) is 19.3 Å². The highest BCUT2D eigenvalue weighted by Gasteiger charge is 2.50. The molecule has 1 fully saturated rings. The molecule has 0 radical (unpaired) electrons. The minimum Gasteiger partial charge on any atom is -0.454 e. The van der Waals surface area contributed by atoms with Gasteiger partial charge < -0.3 is 20.1 Å². The van der Waals surface area contributed by atoms with Gasteiger partial charge in [0.2, 0.25) is 12.7 Å². The number of carbonyl (C=O) groups is 3. The van der Waals surface area contributed by atoms with E-state index in [4.69, 9.17) is 9.47 Å². The van der Waals surface area contributed by atoms with Crippen molar-refractivity contribution in [1.29, 1.82) is 0 Å². The van der Waals surface area contributed by atoms with E-state index >= 15 is 8.78 Å². The molecule has 8 nitrogen and oxygen atoms in total. The third kappa shape index (κ3) is 6.96. The third-order valence-electron chi connectivity index (χ3n) is 8.52. The van der Waals surface area contributed by atoms with Gasteiger partial charge in [0.05, 0.1) is 0 Å². The third-order valence-corrected chi connectivity index (χ3v) is 8.52. The van der Waals surface area contributed by atoms with Crippen molar-refractivity contribution in [2.45, 2.75) is 56.2 Å². The molecule has 6 rings (SSSR count). The number of hydrogen-bond donors (Lipinski definition) is 2. The van der Waals surface area contributed by atoms with Crippen molar-refractivity contribution in [3.8, 4) is 11.5 Å². The average Bonchev–Trinajstić information content (AvgIpc) is 3.59. The second-order valence-electron chi connectivity index (χ2n) is 11.7. The van der Waals surface area contributed by atoms with Crippen molar-refractivity contribution in [3.63, 3.8) is 0 Å². The summed E-state index contributed by atoms with van der Waals surface area (Å²) in [6.07, 6.45) is 3.91. The second kappa shape index (κ2) is 14.0. The van der Waals surface area contributed by atoms with E-state index in [0.717, 1.165) is 19.3 Å². The molecule has 1 saturated carbocycles. The van der Waals surface area contributed by atoms with E-state index in [1.807, 2.05) is 0 Å². The van der Waals surface area contributed by atoms with E-state index in [1.54, 1.807) is 97.1 Å². The van der Waals surface area contributed by atoms with Crippen LogP contribution in [0.4, 0.5) is 14.5 Å². The van der Waals surface area contributed by atoms with Crippen LogP contribution in [-0.2, 0) is 9.59 Å². The Morgan fingerprint density at radius 2 is 1.36 bits per heavy atom. The Bertz CT molecular complexity index is 1700. The highest BCUT2D eigenvalue weighted by molar-refractivity contribution is 6.10. The van der Waals surface area contributed by atoms with Crippen LogP contribution in [0.5, 0.6) is 11.5 Å². The van der Waals surface area contributed by atoms with Gasteiger partial charge in [0.1, 0.15) is 12.1 Å². The number of alkyl halides is 2. The predicted molar refractivity (Wildman–Crippen MR) is 172 cm³/mol. The Labute approximate surface area is 271 Å². The standard InChI is InChI=1S/C37H35F2N3O5/c38-37(39,36(45)40-28-17-9-3-10-18-28)33(25-13-5-1-6-14-25)41-34(43)32(27-21-22-30-31(23-27)47-24-46-30)42(29-19-11-4-12-20-29)35(44)26-15-7-2-8-16-26/h1-2,4-8,11-16,19-23,28,32-33H,3,9-10,17-18,24H2,(H,40,45)(H,41,43). The monoisotopic (exact) mass is 639 g/mol. The fourth-order valence-corrected chi connectivity index (χ4v) is 6.10. The molecule has 2 N–H and O–H groups in total. The largest absolute Gasteiger partial charge is 0.454 e. The van der Waals surface area contributed by atoms with Crippen LogP contribution in [0.25, 0.3) is 0 Å². The molecule has 2 aliphatic rings. The van der Waals surface area contributed by atoms with Crippen molar-refractivity contribution in [2.24, 2.45) is 0 Å². The minimum absolute atomic E-state index is 0.0284. The summed E-state index contributed by atoms with van der Waals surface area (Å²) in [7, 11) is 0. The van der Waals surface area contributed by atoms with E-state index in [1.165, 1.54) is 17.0 Å². The lowest BCUT2D eigenvalue weighted by molar-refractivity contribution is -0.153. The zero-order valence-corrected chi connectivity index (χ0v) is 25.6. The molecule has 1 aliphatic heterocycles. The molecule has 0 aromatic heterocycles. The molecule has 2 atom stereocenters. The van der Waals surface area contributed by atoms with Gasteiger partial charge in [-0.25, -0.2) is 0 Å². The number of rotatable bonds is 10. The minimum atomic E-state index is -4.03. The molecular weight excluding hydrogens is 604 g/mol. The number of nitrogens with zero attached hydrogens (tertiary/aromatic N) is 1. The van der Waals surface area contributed by atoms with Crippen molar-refractivity contribution >= 4 is 23.4 Å². The smallest absolute Gasteiger partial charge is 0.348 e. The molecule has 47 heavy (non-hydrogen) atoms. The first-order chi connectivity index (χ1) is 22.8. The molecule has 1 aliphatic carbocycles. The number of nitrogens with one attached hydrogen (secondary N) is 2. The van der Waals surface area contributed by atoms with Crippen molar-refractivity contribution in [1.82, 2.24) is 10.6 Å². The molecule has 0 bridgehead atoms. The topological polar surface area (TPSA) is 97.0 Å². The van der Waals surface area contributed by atoms with Crippen LogP contribution < -0.4 is 25.0 Å². The summed E-state index contributed by atoms with van der Waals surface area (Å²) < 4.78 is 43.7. The number of para-hydroxylation sites is 1. The van der Waals surface area contributed by atoms with Gasteiger partial charge in [0.25, 0.3) is 11.8 Å². The summed E-state index contributed by atoms with van der Waals surface area (Å²) in [6, 6.07) is 25.5. The number of fused-ring (bicyclic) bond motifs is 1. The second-order valence-corrected chi connectivity index (χ2v) is 11.7. The number of benzene rings is 4. The van der Waals surface area contributed by atoms with E-state index in [-0.39, 0.29) is 24.0 Å². The summed E-state index contributed by atoms with van der Waals surface area (Å²) in [5, 5.41) is 5.02. The maximum atomic E-state index is 16.3. The normalized spacial score (nSPS) is 15.7. The van der Waals surface area contributed by atoms with Gasteiger partial charge >= 0.3 is 5.92 Å². The number of halogens is 2. The fraction of sp³-hybridized carbons (Fsp3) is 0.270. The maximum absolute atomic E-state index is 16.3. The summed E-state index contributed by atoms with van der Waals surface area (Å²) in [4.78, 5) is 43.4. The first-order valence-corrected chi connectivity index (χ1v) is 15.7. The molecule has 2 unspecified atom stereocenters. The van der Waals surface area contributed by atoms with Crippen molar-refractivity contribution < 1.29 is 32.6 Å². The van der Waals surface area contributed by atoms with E-state index in [9.17, 15) is 14.4 Å². The lowest BCUT2D eigenvalue weighted by Gasteiger charge is -2.35. The summed E-state index contributed by atoms with van der Waals surface area (Å²) in [5.74, 6) is -6.16. The molecule has 4 aromatic rings. The van der Waals surface area contributed by atoms with Gasteiger partial charge in [0, 0.05) is 17.3 Å². The van der Waals surface area contributed by atoms with E-state index < -0.39 is 35.7 Å². The molecule has 10 heteroatoms. The lowest BCUT2D eigenvalue weighted by Crippen LogP contribution is -2.54. The Balaban J connectivity index is 1.43. The maximum Gasteiger partial charge on any atom is 0.348 e. The average molecular weight is 640 g/mol. The van der Waals surface area contributed by atoms with Crippen LogP contribution in [-0.4, -0.2) is 36.5 Å². The van der Waals surface area contributed by atoms with Gasteiger partial charge in [0.15, 0.2) is 11.5 Å². The van der Waals surface area contributed by atoms with Crippen molar-refractivity contribution in [3.05, 3.63) is 126 Å². The zero-order chi connectivity index (χ0) is 32.8. The first-order valence-electron chi connectivity index (χ1n) is 15.7. The zero-order valence-electron chi connectivity index (χ0n) is 25.6. The Hall–Kier alpha value is -5.25. The van der Waals surface area contributed by atoms with Crippen LogP contribution in [0.15, 0.2) is 109 Å². The van der Waals surface area contributed by atoms with Gasteiger partial charge in [-0.05, 0) is 60.4 Å². The Morgan fingerprint density at radius 3 is 2.04 bits per heavy atom. The lowest BCUT2D eigenvalue weighted by atomic mass is 9.94. The highest BCUT2D eigenvalue weighted by atomic mass is 19.3. The van der Waals surface area contributed by atoms with Crippen LogP contribution in [0.3, 0.4) is 0 Å². The number of amides is 3. The van der Waals surface area contributed by atoms with Gasteiger partial charge in [-0.15, -0.1) is 0 Å². The summed E-state index contributed by atoms with van der Waals surface area (Å²) in [5.41, 5.74) is 0.973. The number of hydrogen-bond acceptors (Lipinski definition) is 5. The van der Waals surface area contributed by atoms with Crippen molar-refractivity contribution in [2.75, 3.05) is 11.7 Å². The van der Waals surface area contributed by atoms with Crippen LogP contribution in [0, 0.1) is 0 Å². The summed E-state index contributed by atoms with van der Waals surface area (Å²) in [6.45, 7) is -0.0284. The van der Waals surface area contributed by atoms with Gasteiger partial charge in [-0.2, -0.15) is 8.78 Å². The fourth-order valence-electron chi connectivity index (χ4n) is 6.10. The van der Waals surface area contributed by atoms with Crippen LogP contribution >= 0.6 is 0 Å². The molecule has 0 saturated heterocycles. The van der Waals surface area contributed by atoms with Gasteiger partial charge in [-0.1, -0.05) is 92.1 Å². The van der Waals surface area contributed by atoms with Crippen LogP contribution in [0.2, 0.25) is 0 Å². The molecule has 1 heterocycles. The van der Waals surface area contributed by atoms with E-state index in [2.05, 4.69) is 10.6 Å². The predicted octanol–water partition coefficient (Wildman–Crippen LogP) is 6.75. The molecule has 4 aromatic carbocycles. The molecule has 242 valence electrons. The SMILES string of the molecule is O=C(NC(c1ccccc1)C(F)(F)C(=O)NC1CCCCC1)C(c1ccc2c(c1)OCO2)N(C(=O)c1ccccc1)c1ccccc1. The van der Waals surface area contributed by atoms with Crippen LogP contribution in [0.1, 0.15) is 65.7 Å². The molecule has 0 spiro atoms. The molecular formula is C37H35F2N3O5. The first kappa shape index (κ1) is 31.7. The molecule has 3 amide bonds. The Morgan fingerprint density at radius 1 is 0.745 bits per heavy atom. The number of carbonyl (C=O) groups excluding carboxylic acids is 3. The number of ether oxygens (including phenoxy) is 2. The summed E-state index contributed by atoms with van der Waals surface area (Å²) >= 11 is 0.